The molecular weight excluding hydrogens is 662 g/mol. The molecule has 0 heterocycles. The maximum Gasteiger partial charge on any atom is 4.00 e. The van der Waals surface area contributed by atoms with E-state index in [1.807, 2.05) is 48.5 Å². The molecule has 0 saturated heterocycles. The molecule has 4 unspecified atom stereocenters. The molecule has 0 amide bonds. The summed E-state index contributed by atoms with van der Waals surface area (Å²) in [6, 6.07) is 35.5. The Morgan fingerprint density at radius 3 is 2.00 bits per heavy atom. The molecule has 4 aromatic carbocycles. The fourth-order valence-electron chi connectivity index (χ4n) is 8.57. The topological polar surface area (TPSA) is 12.4 Å². The Bertz CT molecular complexity index is 1570. The van der Waals surface area contributed by atoms with Crippen molar-refractivity contribution in [1.29, 1.82) is 0 Å². The number of hydrogen-bond donors (Lipinski definition) is 0. The second kappa shape index (κ2) is 17.6. The summed E-state index contributed by atoms with van der Waals surface area (Å²) >= 11 is 0. The van der Waals surface area contributed by atoms with Crippen LogP contribution in [0.5, 0.6) is 0 Å². The van der Waals surface area contributed by atoms with Crippen LogP contribution in [0.15, 0.2) is 114 Å². The zero-order chi connectivity index (χ0) is 32.5. The van der Waals surface area contributed by atoms with E-state index < -0.39 is 8.07 Å². The first-order valence-corrected chi connectivity index (χ1v) is 20.6. The maximum absolute atomic E-state index is 4.45. The van der Waals surface area contributed by atoms with Gasteiger partial charge in [0.25, 0.3) is 0 Å². The van der Waals surface area contributed by atoms with Gasteiger partial charge in [0.15, 0.2) is 0 Å². The number of hydrogen-bond acceptors (Lipinski definition) is 1. The number of rotatable bonds is 5. The molecule has 0 radical (unpaired) electrons. The van der Waals surface area contributed by atoms with E-state index >= 15 is 0 Å². The molecule has 2 saturated carbocycles. The van der Waals surface area contributed by atoms with Crippen LogP contribution in [0, 0.1) is 32.6 Å². The Hall–Kier alpha value is -2.74. The predicted octanol–water partition coefficient (Wildman–Crippen LogP) is 12.5. The van der Waals surface area contributed by atoms with Crippen molar-refractivity contribution in [2.24, 2.45) is 16.8 Å². The second-order valence-corrected chi connectivity index (χ2v) is 19.5. The zero-order valence-corrected chi connectivity index (χ0v) is 32.7. The average Bonchev–Trinajstić information content (AvgIpc) is 3.73. The first-order valence-electron chi connectivity index (χ1n) is 17.4. The van der Waals surface area contributed by atoms with Crippen molar-refractivity contribution >= 4 is 26.1 Å². The molecule has 3 aliphatic carbocycles. The maximum atomic E-state index is 4.45. The standard InChI is InChI=1S/C21H30Si.C16H16N.C7H7.Zr/c1-15-14-20-18-11-7-4-8-16(18)12-13-19(20)21(15)22(2,3)17-9-5-6-10-17;1-13-7-6-8-14(2)16(13)17-12-11-15-9-4-3-5-10-15;1-7-5-3-2-4-6-7;/h4,7-8,11-13,15,17,19-21H,5-6,9-10,14H2,1-3H3;3-10H,11H2,1-2H3;2-6H,1H2;/q;2*-1;+4. The van der Waals surface area contributed by atoms with Gasteiger partial charge in [-0.05, 0) is 46.4 Å². The first kappa shape index (κ1) is 37.1. The van der Waals surface area contributed by atoms with Crippen LogP contribution in [0.3, 0.4) is 0 Å². The Morgan fingerprint density at radius 2 is 1.38 bits per heavy atom. The normalized spacial score (nSPS) is 21.5. The number of allylic oxidation sites excluding steroid dienone is 1. The summed E-state index contributed by atoms with van der Waals surface area (Å²) in [7, 11) is -1.18. The molecule has 4 aromatic rings. The van der Waals surface area contributed by atoms with E-state index in [0.29, 0.717) is 0 Å². The van der Waals surface area contributed by atoms with Crippen molar-refractivity contribution in [3.63, 3.8) is 0 Å². The smallest absolute Gasteiger partial charge is 0.455 e. The van der Waals surface area contributed by atoms with Crippen molar-refractivity contribution in [3.05, 3.63) is 150 Å². The third kappa shape index (κ3) is 9.45. The molecule has 3 heteroatoms. The fraction of sp³-hybridized carbons (Fsp3) is 0.364. The largest absolute Gasteiger partial charge is 4.00 e. The van der Waals surface area contributed by atoms with Gasteiger partial charge in [0.1, 0.15) is 0 Å². The summed E-state index contributed by atoms with van der Waals surface area (Å²) in [4.78, 5) is 4.45. The van der Waals surface area contributed by atoms with Crippen LogP contribution in [0.4, 0.5) is 5.69 Å². The number of aryl methyl sites for hydroxylation is 2. The number of para-hydroxylation sites is 1. The number of benzene rings is 4. The fourth-order valence-corrected chi connectivity index (χ4v) is 14.0. The van der Waals surface area contributed by atoms with Crippen LogP contribution in [0.1, 0.15) is 78.3 Å². The molecule has 2 fully saturated rings. The second-order valence-electron chi connectivity index (χ2n) is 14.4. The van der Waals surface area contributed by atoms with Gasteiger partial charge in [-0.25, -0.2) is 0 Å². The van der Waals surface area contributed by atoms with Crippen LogP contribution >= 0.6 is 0 Å². The summed E-state index contributed by atoms with van der Waals surface area (Å²) < 4.78 is 0. The van der Waals surface area contributed by atoms with E-state index in [4.69, 9.17) is 0 Å². The minimum absolute atomic E-state index is 0. The molecule has 0 aliphatic heterocycles. The quantitative estimate of drug-likeness (QED) is 0.111. The Balaban J connectivity index is 0.000000177. The van der Waals surface area contributed by atoms with Crippen LogP contribution in [-0.4, -0.2) is 14.3 Å². The van der Waals surface area contributed by atoms with Gasteiger partial charge in [0.05, 0.1) is 8.07 Å². The van der Waals surface area contributed by atoms with Crippen LogP contribution < -0.4 is 0 Å². The van der Waals surface area contributed by atoms with E-state index in [2.05, 4.69) is 119 Å². The van der Waals surface area contributed by atoms with E-state index in [-0.39, 0.29) is 26.2 Å². The molecule has 0 aromatic heterocycles. The van der Waals surface area contributed by atoms with E-state index in [1.165, 1.54) is 54.4 Å². The molecule has 0 spiro atoms. The summed E-state index contributed by atoms with van der Waals surface area (Å²) in [6.07, 6.45) is 16.4. The zero-order valence-electron chi connectivity index (χ0n) is 29.3. The van der Waals surface area contributed by atoms with Gasteiger partial charge in [-0.3, -0.25) is 0 Å². The van der Waals surface area contributed by atoms with E-state index in [9.17, 15) is 0 Å². The number of nitrogens with zero attached hydrogens (tertiary/aromatic N) is 1. The van der Waals surface area contributed by atoms with E-state index in [0.717, 1.165) is 46.5 Å². The molecule has 4 atom stereocenters. The molecule has 0 bridgehead atoms. The predicted molar refractivity (Wildman–Crippen MR) is 203 cm³/mol. The van der Waals surface area contributed by atoms with Gasteiger partial charge in [-0.2, -0.15) is 30.8 Å². The van der Waals surface area contributed by atoms with Gasteiger partial charge >= 0.3 is 26.2 Å². The van der Waals surface area contributed by atoms with Crippen LogP contribution in [-0.2, 0) is 32.6 Å². The van der Waals surface area contributed by atoms with Gasteiger partial charge < -0.3 is 4.99 Å². The minimum atomic E-state index is -1.18. The first-order chi connectivity index (χ1) is 22.3. The summed E-state index contributed by atoms with van der Waals surface area (Å²) in [5.41, 5.74) is 11.0. The van der Waals surface area contributed by atoms with Crippen molar-refractivity contribution in [2.45, 2.75) is 89.4 Å². The summed E-state index contributed by atoms with van der Waals surface area (Å²) in [5, 5.41) is 0. The van der Waals surface area contributed by atoms with Crippen molar-refractivity contribution in [2.75, 3.05) is 0 Å². The molecule has 7 rings (SSSR count). The van der Waals surface area contributed by atoms with Crippen molar-refractivity contribution in [1.82, 2.24) is 0 Å². The van der Waals surface area contributed by atoms with Crippen LogP contribution in [0.2, 0.25) is 24.2 Å². The average molecular weight is 715 g/mol. The van der Waals surface area contributed by atoms with Crippen LogP contribution in [0.25, 0.3) is 6.08 Å². The van der Waals surface area contributed by atoms with E-state index in [1.54, 1.807) is 5.56 Å². The molecule has 0 N–H and O–H groups in total. The molecule has 3 aliphatic rings. The molecular formula is C44H53NSiZr+2. The molecule has 240 valence electrons. The summed E-state index contributed by atoms with van der Waals surface area (Å²) in [5.74, 6) is 2.54. The molecule has 1 nitrogen and oxygen atoms in total. The van der Waals surface area contributed by atoms with Crippen molar-refractivity contribution in [3.8, 4) is 0 Å². The number of aliphatic imine (C=N–C) groups is 1. The number of fused-ring (bicyclic) bond motifs is 3. The monoisotopic (exact) mass is 713 g/mol. The molecule has 47 heavy (non-hydrogen) atoms. The van der Waals surface area contributed by atoms with Crippen molar-refractivity contribution < 1.29 is 26.2 Å². The van der Waals surface area contributed by atoms with Gasteiger partial charge in [-0.1, -0.05) is 168 Å². The van der Waals surface area contributed by atoms with Gasteiger partial charge in [0, 0.05) is 0 Å². The SMILES string of the molecule is CC1CC2c3ccccc3C=CC2C1[Si](C)(C)C1CCCC1.Cc1cccc(C)c1N=[C-]Cc1ccccc1.[CH2-]c1ccccc1.[Zr+4]. The third-order valence-corrected chi connectivity index (χ3v) is 16.2. The Morgan fingerprint density at radius 1 is 0.787 bits per heavy atom. The Kier molecular flexibility index (Phi) is 13.9. The summed E-state index contributed by atoms with van der Waals surface area (Å²) in [6.45, 7) is 15.9. The van der Waals surface area contributed by atoms with Gasteiger partial charge in [0.2, 0.25) is 0 Å². The van der Waals surface area contributed by atoms with Gasteiger partial charge in [-0.15, -0.1) is 23.3 Å². The Labute approximate surface area is 306 Å². The minimum Gasteiger partial charge on any atom is -0.455 e. The third-order valence-electron chi connectivity index (χ3n) is 10.9.